The van der Waals surface area contributed by atoms with Gasteiger partial charge in [0.05, 0.1) is 5.41 Å². The van der Waals surface area contributed by atoms with Gasteiger partial charge >= 0.3 is 0 Å². The fourth-order valence-electron chi connectivity index (χ4n) is 3.36. The van der Waals surface area contributed by atoms with E-state index < -0.39 is 11.3 Å². The van der Waals surface area contributed by atoms with Crippen molar-refractivity contribution in [3.05, 3.63) is 77.1 Å². The van der Waals surface area contributed by atoms with Crippen molar-refractivity contribution in [2.24, 2.45) is 0 Å². The number of halogens is 1. The summed E-state index contributed by atoms with van der Waals surface area (Å²) in [6.07, 6.45) is 3.04. The fraction of sp³-hybridized carbons (Fsp3) is 0.211. The molecule has 0 spiro atoms. The highest BCUT2D eigenvalue weighted by molar-refractivity contribution is 5.94. The molecule has 0 saturated heterocycles. The molecule has 4 heteroatoms. The number of rotatable bonds is 3. The first-order valence-corrected chi connectivity index (χ1v) is 7.56. The molecule has 0 fully saturated rings. The number of hydrogen-bond donors (Lipinski definition) is 2. The average molecular weight is 311 g/mol. The van der Waals surface area contributed by atoms with Crippen LogP contribution in [0.1, 0.15) is 29.5 Å². The lowest BCUT2D eigenvalue weighted by molar-refractivity contribution is -0.133. The SMILES string of the molecule is Cc1c(F)cccc1[C@@]1(C(=O)NO)C=C(c2ccccc2)CC1. The van der Waals surface area contributed by atoms with E-state index in [-0.39, 0.29) is 5.82 Å². The molecule has 3 rings (SSSR count). The molecule has 2 aromatic rings. The molecule has 0 bridgehead atoms. The average Bonchev–Trinajstić information content (AvgIpc) is 3.04. The molecule has 0 aliphatic heterocycles. The maximum absolute atomic E-state index is 14.0. The third-order valence-electron chi connectivity index (χ3n) is 4.61. The Hall–Kier alpha value is -2.46. The van der Waals surface area contributed by atoms with Gasteiger partial charge in [0.15, 0.2) is 0 Å². The van der Waals surface area contributed by atoms with Crippen molar-refractivity contribution in [3.63, 3.8) is 0 Å². The van der Waals surface area contributed by atoms with Gasteiger partial charge in [0.2, 0.25) is 0 Å². The third kappa shape index (κ3) is 2.55. The van der Waals surface area contributed by atoms with Gasteiger partial charge in [-0.1, -0.05) is 48.5 Å². The number of amides is 1. The number of nitrogens with one attached hydrogen (secondary N) is 1. The summed E-state index contributed by atoms with van der Waals surface area (Å²) in [6, 6.07) is 14.5. The Morgan fingerprint density at radius 1 is 1.17 bits per heavy atom. The Kier molecular flexibility index (Phi) is 4.01. The largest absolute Gasteiger partial charge is 0.289 e. The zero-order valence-electron chi connectivity index (χ0n) is 12.8. The van der Waals surface area contributed by atoms with Gasteiger partial charge in [-0.2, -0.15) is 0 Å². The van der Waals surface area contributed by atoms with Crippen molar-refractivity contribution >= 4 is 11.5 Å². The first-order chi connectivity index (χ1) is 11.1. The van der Waals surface area contributed by atoms with Gasteiger partial charge in [-0.05, 0) is 48.1 Å². The zero-order chi connectivity index (χ0) is 16.4. The molecule has 1 amide bonds. The highest BCUT2D eigenvalue weighted by Gasteiger charge is 2.43. The molecular weight excluding hydrogens is 293 g/mol. The summed E-state index contributed by atoms with van der Waals surface area (Å²) >= 11 is 0. The summed E-state index contributed by atoms with van der Waals surface area (Å²) in [7, 11) is 0. The van der Waals surface area contributed by atoms with Crippen LogP contribution in [0.4, 0.5) is 4.39 Å². The van der Waals surface area contributed by atoms with Crippen molar-refractivity contribution in [2.75, 3.05) is 0 Å². The molecule has 2 aromatic carbocycles. The van der Waals surface area contributed by atoms with Crippen LogP contribution in [0.2, 0.25) is 0 Å². The summed E-state index contributed by atoms with van der Waals surface area (Å²) in [5, 5.41) is 9.22. The van der Waals surface area contributed by atoms with Crippen LogP contribution in [0.5, 0.6) is 0 Å². The van der Waals surface area contributed by atoms with Crippen LogP contribution in [0.3, 0.4) is 0 Å². The van der Waals surface area contributed by atoms with E-state index in [9.17, 15) is 14.4 Å². The van der Waals surface area contributed by atoms with E-state index in [0.29, 0.717) is 24.0 Å². The van der Waals surface area contributed by atoms with Gasteiger partial charge in [-0.3, -0.25) is 10.0 Å². The van der Waals surface area contributed by atoms with Gasteiger partial charge in [-0.25, -0.2) is 9.87 Å². The third-order valence-corrected chi connectivity index (χ3v) is 4.61. The Morgan fingerprint density at radius 2 is 1.91 bits per heavy atom. The van der Waals surface area contributed by atoms with E-state index in [2.05, 4.69) is 0 Å². The molecule has 118 valence electrons. The first kappa shape index (κ1) is 15.4. The molecule has 3 nitrogen and oxygen atoms in total. The van der Waals surface area contributed by atoms with Crippen LogP contribution in [0.25, 0.3) is 5.57 Å². The van der Waals surface area contributed by atoms with Gasteiger partial charge in [0.25, 0.3) is 5.91 Å². The summed E-state index contributed by atoms with van der Waals surface area (Å²) < 4.78 is 14.0. The minimum absolute atomic E-state index is 0.353. The number of carbonyl (C=O) groups excluding carboxylic acids is 1. The summed E-state index contributed by atoms with van der Waals surface area (Å²) in [5.74, 6) is -0.883. The van der Waals surface area contributed by atoms with E-state index in [4.69, 9.17) is 0 Å². The highest BCUT2D eigenvalue weighted by atomic mass is 19.1. The second-order valence-corrected chi connectivity index (χ2v) is 5.86. The number of allylic oxidation sites excluding steroid dienone is 1. The zero-order valence-corrected chi connectivity index (χ0v) is 12.8. The van der Waals surface area contributed by atoms with Gasteiger partial charge in [0.1, 0.15) is 5.82 Å². The molecule has 2 N–H and O–H groups in total. The van der Waals surface area contributed by atoms with Crippen molar-refractivity contribution < 1.29 is 14.4 Å². The molecule has 1 aliphatic rings. The highest BCUT2D eigenvalue weighted by Crippen LogP contribution is 2.44. The van der Waals surface area contributed by atoms with Crippen LogP contribution < -0.4 is 5.48 Å². The number of carbonyl (C=O) groups is 1. The van der Waals surface area contributed by atoms with Gasteiger partial charge in [0, 0.05) is 0 Å². The van der Waals surface area contributed by atoms with E-state index in [0.717, 1.165) is 11.1 Å². The predicted molar refractivity (Wildman–Crippen MR) is 86.4 cm³/mol. The summed E-state index contributed by atoms with van der Waals surface area (Å²) in [4.78, 5) is 12.4. The molecule has 0 unspecified atom stereocenters. The molecule has 0 radical (unpaired) electrons. The summed E-state index contributed by atoms with van der Waals surface area (Å²) in [6.45, 7) is 1.66. The molecule has 0 aromatic heterocycles. The smallest absolute Gasteiger partial charge is 0.257 e. The first-order valence-electron chi connectivity index (χ1n) is 7.56. The number of benzene rings is 2. The lowest BCUT2D eigenvalue weighted by Crippen LogP contribution is -2.41. The van der Waals surface area contributed by atoms with Crippen molar-refractivity contribution in [2.45, 2.75) is 25.2 Å². The van der Waals surface area contributed by atoms with Crippen molar-refractivity contribution in [1.82, 2.24) is 5.48 Å². The Morgan fingerprint density at radius 3 is 2.61 bits per heavy atom. The standard InChI is InChI=1S/C19H18FNO2/c1-13-16(8-5-9-17(13)20)19(18(22)21-23)11-10-15(12-19)14-6-3-2-4-7-14/h2-9,12,23H,10-11H2,1H3,(H,21,22)/t19-/m0/s1. The van der Waals surface area contributed by atoms with Crippen molar-refractivity contribution in [3.8, 4) is 0 Å². The second-order valence-electron chi connectivity index (χ2n) is 5.86. The van der Waals surface area contributed by atoms with Gasteiger partial charge < -0.3 is 0 Å². The normalized spacial score (nSPS) is 20.2. The second kappa shape index (κ2) is 5.97. The molecule has 1 aliphatic carbocycles. The molecule has 0 heterocycles. The van der Waals surface area contributed by atoms with E-state index in [1.807, 2.05) is 36.4 Å². The lowest BCUT2D eigenvalue weighted by Gasteiger charge is -2.27. The number of hydroxylamine groups is 1. The molecule has 1 atom stereocenters. The van der Waals surface area contributed by atoms with Crippen LogP contribution >= 0.6 is 0 Å². The Bertz CT molecular complexity index is 770. The van der Waals surface area contributed by atoms with Crippen LogP contribution in [0, 0.1) is 12.7 Å². The lowest BCUT2D eigenvalue weighted by atomic mass is 9.77. The topological polar surface area (TPSA) is 49.3 Å². The maximum atomic E-state index is 14.0. The van der Waals surface area contributed by atoms with Gasteiger partial charge in [-0.15, -0.1) is 0 Å². The van der Waals surface area contributed by atoms with Crippen LogP contribution in [0.15, 0.2) is 54.6 Å². The van der Waals surface area contributed by atoms with E-state index in [1.165, 1.54) is 6.07 Å². The van der Waals surface area contributed by atoms with Crippen LogP contribution in [-0.4, -0.2) is 11.1 Å². The maximum Gasteiger partial charge on any atom is 0.257 e. The van der Waals surface area contributed by atoms with E-state index in [1.54, 1.807) is 24.5 Å². The molecular formula is C19H18FNO2. The minimum Gasteiger partial charge on any atom is -0.289 e. The number of hydrogen-bond acceptors (Lipinski definition) is 2. The summed E-state index contributed by atoms with van der Waals surface area (Å²) in [5.41, 5.74) is 3.80. The monoisotopic (exact) mass is 311 g/mol. The predicted octanol–water partition coefficient (Wildman–Crippen LogP) is 3.75. The van der Waals surface area contributed by atoms with Crippen LogP contribution in [-0.2, 0) is 10.2 Å². The quantitative estimate of drug-likeness (QED) is 0.670. The van der Waals surface area contributed by atoms with Crippen molar-refractivity contribution in [1.29, 1.82) is 0 Å². The Balaban J connectivity index is 2.15. The molecule has 0 saturated carbocycles. The Labute approximate surface area is 134 Å². The molecule has 23 heavy (non-hydrogen) atoms. The fourth-order valence-corrected chi connectivity index (χ4v) is 3.36. The minimum atomic E-state index is -1.05. The van der Waals surface area contributed by atoms with E-state index >= 15 is 0 Å².